The van der Waals surface area contributed by atoms with Gasteiger partial charge in [0, 0.05) is 19.0 Å². The van der Waals surface area contributed by atoms with Crippen molar-refractivity contribution < 1.29 is 14.1 Å². The van der Waals surface area contributed by atoms with Gasteiger partial charge in [0.15, 0.2) is 5.82 Å². The van der Waals surface area contributed by atoms with E-state index in [0.717, 1.165) is 24.9 Å². The van der Waals surface area contributed by atoms with E-state index in [2.05, 4.69) is 10.1 Å². The highest BCUT2D eigenvalue weighted by molar-refractivity contribution is 7.07. The van der Waals surface area contributed by atoms with Crippen LogP contribution in [0.3, 0.4) is 0 Å². The quantitative estimate of drug-likeness (QED) is 0.802. The Bertz CT molecular complexity index is 654. The molecule has 3 rings (SSSR count). The molecule has 1 unspecified atom stereocenters. The van der Waals surface area contributed by atoms with Gasteiger partial charge in [-0.3, -0.25) is 4.79 Å². The van der Waals surface area contributed by atoms with Crippen LogP contribution in [0.25, 0.3) is 0 Å². The lowest BCUT2D eigenvalue weighted by atomic mass is 10.1. The topological polar surface area (TPSA) is 68.5 Å². The van der Waals surface area contributed by atoms with E-state index in [-0.39, 0.29) is 17.9 Å². The molecule has 0 bridgehead atoms. The summed E-state index contributed by atoms with van der Waals surface area (Å²) in [6, 6.07) is 2.00. The Labute approximate surface area is 145 Å². The van der Waals surface area contributed by atoms with Crippen molar-refractivity contribution in [3.63, 3.8) is 0 Å². The highest BCUT2D eigenvalue weighted by Crippen LogP contribution is 2.17. The zero-order chi connectivity index (χ0) is 16.9. The smallest absolute Gasteiger partial charge is 0.252 e. The number of aromatic nitrogens is 2. The van der Waals surface area contributed by atoms with Gasteiger partial charge in [0.05, 0.1) is 12.5 Å². The second kappa shape index (κ2) is 7.90. The number of hydrogen-bond donors (Lipinski definition) is 0. The van der Waals surface area contributed by atoms with Crippen LogP contribution in [-0.2, 0) is 22.6 Å². The Morgan fingerprint density at radius 2 is 2.42 bits per heavy atom. The normalized spacial score (nSPS) is 18.3. The number of carbonyl (C=O) groups is 1. The molecule has 0 radical (unpaired) electrons. The molecule has 1 amide bonds. The number of rotatable bonds is 6. The maximum atomic E-state index is 12.4. The van der Waals surface area contributed by atoms with Crippen molar-refractivity contribution in [1.82, 2.24) is 15.0 Å². The molecule has 3 heterocycles. The van der Waals surface area contributed by atoms with E-state index in [0.29, 0.717) is 31.3 Å². The van der Waals surface area contributed by atoms with Gasteiger partial charge in [-0.25, -0.2) is 0 Å². The number of ether oxygens (including phenoxy) is 1. The molecule has 24 heavy (non-hydrogen) atoms. The van der Waals surface area contributed by atoms with E-state index in [9.17, 15) is 4.79 Å². The molecule has 0 saturated carbocycles. The van der Waals surface area contributed by atoms with Crippen molar-refractivity contribution in [2.45, 2.75) is 51.7 Å². The van der Waals surface area contributed by atoms with Crippen molar-refractivity contribution in [3.05, 3.63) is 34.1 Å². The third-order valence-electron chi connectivity index (χ3n) is 4.11. The summed E-state index contributed by atoms with van der Waals surface area (Å²) in [6.45, 7) is 5.78. The summed E-state index contributed by atoms with van der Waals surface area (Å²) in [5.74, 6) is 1.61. The number of hydrogen-bond acceptors (Lipinski definition) is 6. The predicted molar refractivity (Wildman–Crippen MR) is 90.8 cm³/mol. The van der Waals surface area contributed by atoms with Crippen molar-refractivity contribution in [1.29, 1.82) is 0 Å². The molecule has 0 aromatic carbocycles. The second-order valence-electron chi connectivity index (χ2n) is 6.42. The lowest BCUT2D eigenvalue weighted by Crippen LogP contribution is -2.43. The highest BCUT2D eigenvalue weighted by atomic mass is 32.1. The van der Waals surface area contributed by atoms with Gasteiger partial charge in [-0.15, -0.1) is 0 Å². The van der Waals surface area contributed by atoms with Crippen molar-refractivity contribution in [2.24, 2.45) is 0 Å². The Balaban J connectivity index is 1.48. The SMILES string of the molecule is CC(C)c1noc(COC2CCCN(C(=O)Cc3ccsc3)C2)n1. The number of nitrogens with zero attached hydrogens (tertiary/aromatic N) is 3. The van der Waals surface area contributed by atoms with Gasteiger partial charge in [0.25, 0.3) is 5.89 Å². The zero-order valence-corrected chi connectivity index (χ0v) is 14.9. The maximum Gasteiger partial charge on any atom is 0.252 e. The predicted octanol–water partition coefficient (Wildman–Crippen LogP) is 3.00. The molecule has 2 aromatic heterocycles. The minimum Gasteiger partial charge on any atom is -0.367 e. The Kier molecular flexibility index (Phi) is 5.63. The van der Waals surface area contributed by atoms with Crippen LogP contribution in [0.2, 0.25) is 0 Å². The van der Waals surface area contributed by atoms with Gasteiger partial charge in [-0.2, -0.15) is 16.3 Å². The lowest BCUT2D eigenvalue weighted by molar-refractivity contribution is -0.135. The molecule has 1 saturated heterocycles. The van der Waals surface area contributed by atoms with Crippen LogP contribution in [0.1, 0.15) is 49.9 Å². The Morgan fingerprint density at radius 3 is 3.12 bits per heavy atom. The Hall–Kier alpha value is -1.73. The molecule has 130 valence electrons. The standard InChI is InChI=1S/C17H23N3O3S/c1-12(2)17-18-15(23-19-17)10-22-14-4-3-6-20(9-14)16(21)8-13-5-7-24-11-13/h5,7,11-12,14H,3-4,6,8-10H2,1-2H3. The fourth-order valence-corrected chi connectivity index (χ4v) is 3.40. The number of amides is 1. The summed E-state index contributed by atoms with van der Waals surface area (Å²) in [6.07, 6.45) is 2.41. The van der Waals surface area contributed by atoms with E-state index < -0.39 is 0 Å². The number of likely N-dealkylation sites (tertiary alicyclic amines) is 1. The van der Waals surface area contributed by atoms with Gasteiger partial charge >= 0.3 is 0 Å². The average molecular weight is 349 g/mol. The molecule has 1 aliphatic rings. The van der Waals surface area contributed by atoms with Gasteiger partial charge in [0.2, 0.25) is 5.91 Å². The largest absolute Gasteiger partial charge is 0.367 e. The third-order valence-corrected chi connectivity index (χ3v) is 4.84. The molecule has 0 spiro atoms. The van der Waals surface area contributed by atoms with E-state index >= 15 is 0 Å². The van der Waals surface area contributed by atoms with E-state index in [1.807, 2.05) is 35.6 Å². The van der Waals surface area contributed by atoms with Crippen LogP contribution in [-0.4, -0.2) is 40.1 Å². The molecule has 0 aliphatic carbocycles. The van der Waals surface area contributed by atoms with Gasteiger partial charge in [-0.05, 0) is 35.2 Å². The monoisotopic (exact) mass is 349 g/mol. The molecule has 0 N–H and O–H groups in total. The van der Waals surface area contributed by atoms with Gasteiger partial charge in [0.1, 0.15) is 6.61 Å². The fourth-order valence-electron chi connectivity index (χ4n) is 2.73. The molecule has 7 heteroatoms. The summed E-state index contributed by atoms with van der Waals surface area (Å²) in [7, 11) is 0. The second-order valence-corrected chi connectivity index (χ2v) is 7.20. The summed E-state index contributed by atoms with van der Waals surface area (Å²) in [4.78, 5) is 18.6. The molecular formula is C17H23N3O3S. The van der Waals surface area contributed by atoms with Crippen LogP contribution in [0.5, 0.6) is 0 Å². The van der Waals surface area contributed by atoms with E-state index in [4.69, 9.17) is 9.26 Å². The van der Waals surface area contributed by atoms with Crippen molar-refractivity contribution in [2.75, 3.05) is 13.1 Å². The lowest BCUT2D eigenvalue weighted by Gasteiger charge is -2.32. The van der Waals surface area contributed by atoms with Crippen LogP contribution < -0.4 is 0 Å². The third kappa shape index (κ3) is 4.42. The van der Waals surface area contributed by atoms with Gasteiger partial charge in [-0.1, -0.05) is 19.0 Å². The molecule has 1 atom stereocenters. The number of thiophene rings is 1. The first kappa shape index (κ1) is 17.1. The van der Waals surface area contributed by atoms with Crippen LogP contribution >= 0.6 is 11.3 Å². The first-order chi connectivity index (χ1) is 11.6. The summed E-state index contributed by atoms with van der Waals surface area (Å²) >= 11 is 1.62. The number of piperidine rings is 1. The first-order valence-electron chi connectivity index (χ1n) is 8.34. The maximum absolute atomic E-state index is 12.4. The molecule has 1 fully saturated rings. The van der Waals surface area contributed by atoms with E-state index in [1.165, 1.54) is 0 Å². The van der Waals surface area contributed by atoms with Crippen molar-refractivity contribution in [3.8, 4) is 0 Å². The van der Waals surface area contributed by atoms with Crippen LogP contribution in [0, 0.1) is 0 Å². The summed E-state index contributed by atoms with van der Waals surface area (Å²) in [5.41, 5.74) is 1.08. The molecule has 6 nitrogen and oxygen atoms in total. The minimum atomic E-state index is 0.0274. The molecule has 2 aromatic rings. The summed E-state index contributed by atoms with van der Waals surface area (Å²) < 4.78 is 11.1. The van der Waals surface area contributed by atoms with Crippen LogP contribution in [0.15, 0.2) is 21.3 Å². The molecular weight excluding hydrogens is 326 g/mol. The number of carbonyl (C=O) groups excluding carboxylic acids is 1. The first-order valence-corrected chi connectivity index (χ1v) is 9.29. The Morgan fingerprint density at radius 1 is 1.54 bits per heavy atom. The zero-order valence-electron chi connectivity index (χ0n) is 14.1. The van der Waals surface area contributed by atoms with Crippen LogP contribution in [0.4, 0.5) is 0 Å². The van der Waals surface area contributed by atoms with Crippen molar-refractivity contribution >= 4 is 17.2 Å². The summed E-state index contributed by atoms with van der Waals surface area (Å²) in [5, 5.41) is 7.96. The molecule has 1 aliphatic heterocycles. The fraction of sp³-hybridized carbons (Fsp3) is 0.588. The van der Waals surface area contributed by atoms with Gasteiger partial charge < -0.3 is 14.2 Å². The highest BCUT2D eigenvalue weighted by Gasteiger charge is 2.25. The van der Waals surface area contributed by atoms with E-state index in [1.54, 1.807) is 11.3 Å². The minimum absolute atomic E-state index is 0.0274. The average Bonchev–Trinajstić information content (AvgIpc) is 3.25.